The Morgan fingerprint density at radius 2 is 1.90 bits per heavy atom. The Labute approximate surface area is 139 Å². The van der Waals surface area contributed by atoms with Crippen LogP contribution >= 0.6 is 22.6 Å². The Balaban J connectivity index is 1.68. The van der Waals surface area contributed by atoms with E-state index in [4.69, 9.17) is 0 Å². The van der Waals surface area contributed by atoms with Crippen LogP contribution in [0, 0.1) is 28.2 Å². The number of anilines is 1. The molecule has 0 aliphatic heterocycles. The van der Waals surface area contributed by atoms with Gasteiger partial charge in [-0.2, -0.15) is 0 Å². The van der Waals surface area contributed by atoms with Gasteiger partial charge >= 0.3 is 0 Å². The van der Waals surface area contributed by atoms with E-state index in [1.165, 1.54) is 5.56 Å². The van der Waals surface area contributed by atoms with Crippen LogP contribution in [0.15, 0.2) is 18.2 Å². The fourth-order valence-electron chi connectivity index (χ4n) is 3.61. The molecule has 1 unspecified atom stereocenters. The van der Waals surface area contributed by atoms with Gasteiger partial charge < -0.3 is 5.32 Å². The molecule has 2 saturated carbocycles. The normalized spacial score (nSPS) is 28.3. The summed E-state index contributed by atoms with van der Waals surface area (Å²) in [7, 11) is 0. The van der Waals surface area contributed by atoms with Crippen LogP contribution in [-0.2, 0) is 9.59 Å². The molecule has 4 heteroatoms. The molecule has 1 aromatic rings. The molecule has 0 radical (unpaired) electrons. The predicted molar refractivity (Wildman–Crippen MR) is 91.1 cm³/mol. The van der Waals surface area contributed by atoms with Crippen LogP contribution in [-0.4, -0.2) is 11.7 Å². The number of halogens is 1. The number of nitrogens with one attached hydrogen (secondary N) is 1. The molecule has 3 atom stereocenters. The molecular formula is C17H20INO2. The second-order valence-corrected chi connectivity index (χ2v) is 7.51. The zero-order chi connectivity index (χ0) is 15.0. The fraction of sp³-hybridized carbons (Fsp3) is 0.529. The minimum absolute atomic E-state index is 0.00281. The van der Waals surface area contributed by atoms with Crippen molar-refractivity contribution >= 4 is 40.0 Å². The monoisotopic (exact) mass is 397 g/mol. The van der Waals surface area contributed by atoms with Crippen molar-refractivity contribution in [1.29, 1.82) is 0 Å². The SMILES string of the molecule is Cc1ccc(NC(=O)C2C[C@H]3CCC[C@@H](C2)C3=O)cc1I. The van der Waals surface area contributed by atoms with Crippen molar-refractivity contribution in [2.24, 2.45) is 17.8 Å². The Morgan fingerprint density at radius 1 is 1.24 bits per heavy atom. The summed E-state index contributed by atoms with van der Waals surface area (Å²) >= 11 is 2.28. The number of ketones is 1. The van der Waals surface area contributed by atoms with Crippen LogP contribution in [0.4, 0.5) is 5.69 Å². The lowest BCUT2D eigenvalue weighted by molar-refractivity contribution is -0.136. The van der Waals surface area contributed by atoms with Gasteiger partial charge in [0.25, 0.3) is 0 Å². The molecule has 1 aromatic carbocycles. The van der Waals surface area contributed by atoms with Gasteiger partial charge in [-0.3, -0.25) is 9.59 Å². The molecular weight excluding hydrogens is 377 g/mol. The summed E-state index contributed by atoms with van der Waals surface area (Å²) in [5.41, 5.74) is 2.07. The van der Waals surface area contributed by atoms with E-state index >= 15 is 0 Å². The van der Waals surface area contributed by atoms with Gasteiger partial charge in [0.05, 0.1) is 0 Å². The number of carbonyl (C=O) groups excluding carboxylic acids is 2. The number of aryl methyl sites for hydroxylation is 1. The lowest BCUT2D eigenvalue weighted by Gasteiger charge is -2.36. The summed E-state index contributed by atoms with van der Waals surface area (Å²) in [6.07, 6.45) is 4.57. The van der Waals surface area contributed by atoms with Crippen molar-refractivity contribution in [3.63, 3.8) is 0 Å². The number of hydrogen-bond donors (Lipinski definition) is 1. The van der Waals surface area contributed by atoms with Gasteiger partial charge in [-0.15, -0.1) is 0 Å². The Bertz CT molecular complexity index is 568. The number of benzene rings is 1. The van der Waals surface area contributed by atoms with Gasteiger partial charge in [-0.1, -0.05) is 12.5 Å². The molecule has 0 aromatic heterocycles. The van der Waals surface area contributed by atoms with Crippen molar-refractivity contribution in [3.8, 4) is 0 Å². The molecule has 1 N–H and O–H groups in total. The average Bonchev–Trinajstić information content (AvgIpc) is 2.42. The maximum Gasteiger partial charge on any atom is 0.227 e. The standard InChI is InChI=1S/C17H20INO2/c1-10-5-6-14(9-15(10)18)19-17(21)13-7-11-3-2-4-12(8-13)16(11)20/h5-6,9,11-13H,2-4,7-8H2,1H3,(H,19,21)/t11-,12+,13?. The third-order valence-corrected chi connectivity index (χ3v) is 6.02. The quantitative estimate of drug-likeness (QED) is 0.769. The molecule has 2 fully saturated rings. The number of fused-ring (bicyclic) bond motifs is 2. The van der Waals surface area contributed by atoms with E-state index in [0.717, 1.165) is 41.4 Å². The zero-order valence-electron chi connectivity index (χ0n) is 12.2. The fourth-order valence-corrected chi connectivity index (χ4v) is 4.12. The maximum absolute atomic E-state index is 12.5. The van der Waals surface area contributed by atoms with E-state index < -0.39 is 0 Å². The van der Waals surface area contributed by atoms with Crippen molar-refractivity contribution in [2.45, 2.75) is 39.0 Å². The van der Waals surface area contributed by atoms with Crippen LogP contribution in [0.25, 0.3) is 0 Å². The molecule has 1 amide bonds. The number of Topliss-reactive ketones (excluding diaryl/α,β-unsaturated/α-hetero) is 1. The highest BCUT2D eigenvalue weighted by Crippen LogP contribution is 2.40. The summed E-state index contributed by atoms with van der Waals surface area (Å²) in [5.74, 6) is 0.754. The lowest BCUT2D eigenvalue weighted by atomic mass is 9.67. The third kappa shape index (κ3) is 3.15. The Hall–Kier alpha value is -0.910. The third-order valence-electron chi connectivity index (χ3n) is 4.86. The molecule has 3 nitrogen and oxygen atoms in total. The average molecular weight is 397 g/mol. The van der Waals surface area contributed by atoms with Crippen LogP contribution in [0.5, 0.6) is 0 Å². The number of carbonyl (C=O) groups is 2. The van der Waals surface area contributed by atoms with E-state index in [-0.39, 0.29) is 23.7 Å². The molecule has 21 heavy (non-hydrogen) atoms. The summed E-state index contributed by atoms with van der Waals surface area (Å²) < 4.78 is 1.15. The number of rotatable bonds is 2. The minimum atomic E-state index is -0.00281. The van der Waals surface area contributed by atoms with Crippen LogP contribution in [0.1, 0.15) is 37.7 Å². The molecule has 0 saturated heterocycles. The van der Waals surface area contributed by atoms with Gasteiger partial charge in [0, 0.05) is 27.0 Å². The summed E-state index contributed by atoms with van der Waals surface area (Å²) in [4.78, 5) is 24.6. The van der Waals surface area contributed by atoms with Gasteiger partial charge in [0.2, 0.25) is 5.91 Å². The molecule has 112 valence electrons. The molecule has 3 rings (SSSR count). The number of amides is 1. The second kappa shape index (κ2) is 6.07. The smallest absolute Gasteiger partial charge is 0.227 e. The first-order valence-electron chi connectivity index (χ1n) is 7.65. The zero-order valence-corrected chi connectivity index (χ0v) is 14.4. The van der Waals surface area contributed by atoms with E-state index in [9.17, 15) is 9.59 Å². The molecule has 0 spiro atoms. The minimum Gasteiger partial charge on any atom is -0.326 e. The lowest BCUT2D eigenvalue weighted by Crippen LogP contribution is -2.40. The first kappa shape index (κ1) is 15.0. The topological polar surface area (TPSA) is 46.2 Å². The summed E-state index contributed by atoms with van der Waals surface area (Å²) in [5, 5.41) is 3.03. The first-order valence-corrected chi connectivity index (χ1v) is 8.73. The summed E-state index contributed by atoms with van der Waals surface area (Å²) in [6.45, 7) is 2.06. The molecule has 0 heterocycles. The van der Waals surface area contributed by atoms with Gasteiger partial charge in [0.1, 0.15) is 5.78 Å². The summed E-state index contributed by atoms with van der Waals surface area (Å²) in [6, 6.07) is 5.98. The molecule has 2 aliphatic carbocycles. The van der Waals surface area contributed by atoms with E-state index in [0.29, 0.717) is 5.78 Å². The van der Waals surface area contributed by atoms with Crippen LogP contribution < -0.4 is 5.32 Å². The van der Waals surface area contributed by atoms with Crippen molar-refractivity contribution in [3.05, 3.63) is 27.3 Å². The first-order chi connectivity index (χ1) is 10.0. The van der Waals surface area contributed by atoms with Crippen molar-refractivity contribution in [1.82, 2.24) is 0 Å². The Morgan fingerprint density at radius 3 is 2.52 bits per heavy atom. The van der Waals surface area contributed by atoms with Crippen molar-refractivity contribution in [2.75, 3.05) is 5.32 Å². The van der Waals surface area contributed by atoms with Gasteiger partial charge in [-0.05, 0) is 72.9 Å². The van der Waals surface area contributed by atoms with E-state index in [1.54, 1.807) is 0 Å². The highest BCUT2D eigenvalue weighted by Gasteiger charge is 2.41. The predicted octanol–water partition coefficient (Wildman–Crippen LogP) is 3.93. The Kier molecular flexibility index (Phi) is 4.33. The number of hydrogen-bond acceptors (Lipinski definition) is 2. The van der Waals surface area contributed by atoms with Crippen molar-refractivity contribution < 1.29 is 9.59 Å². The van der Waals surface area contributed by atoms with Gasteiger partial charge in [0.15, 0.2) is 0 Å². The largest absolute Gasteiger partial charge is 0.326 e. The maximum atomic E-state index is 12.5. The van der Waals surface area contributed by atoms with Crippen LogP contribution in [0.3, 0.4) is 0 Å². The van der Waals surface area contributed by atoms with Crippen LogP contribution in [0.2, 0.25) is 0 Å². The highest BCUT2D eigenvalue weighted by atomic mass is 127. The van der Waals surface area contributed by atoms with E-state index in [2.05, 4.69) is 34.8 Å². The highest BCUT2D eigenvalue weighted by molar-refractivity contribution is 14.1. The van der Waals surface area contributed by atoms with E-state index in [1.807, 2.05) is 18.2 Å². The van der Waals surface area contributed by atoms with Gasteiger partial charge in [-0.25, -0.2) is 0 Å². The molecule has 2 bridgehead atoms. The second-order valence-electron chi connectivity index (χ2n) is 6.35. The molecule has 2 aliphatic rings.